The number of benzene rings is 1. The van der Waals surface area contributed by atoms with Crippen LogP contribution in [-0.2, 0) is 6.42 Å². The minimum absolute atomic E-state index is 0.595. The molecule has 3 rings (SSSR count). The van der Waals surface area contributed by atoms with Crippen molar-refractivity contribution in [3.8, 4) is 0 Å². The Morgan fingerprint density at radius 1 is 1.56 bits per heavy atom. The van der Waals surface area contributed by atoms with E-state index in [1.165, 1.54) is 17.8 Å². The molecule has 0 unspecified atom stereocenters. The summed E-state index contributed by atoms with van der Waals surface area (Å²) in [5, 5.41) is 0.761. The Balaban J connectivity index is 2.30. The van der Waals surface area contributed by atoms with E-state index < -0.39 is 0 Å². The van der Waals surface area contributed by atoms with Gasteiger partial charge < -0.3 is 4.57 Å². The Morgan fingerprint density at radius 3 is 3.12 bits per heavy atom. The number of halogens is 2. The van der Waals surface area contributed by atoms with Gasteiger partial charge in [0.2, 0.25) is 0 Å². The highest BCUT2D eigenvalue weighted by Gasteiger charge is 2.24. The molecule has 1 aliphatic rings. The maximum absolute atomic E-state index is 6.15. The van der Waals surface area contributed by atoms with Gasteiger partial charge in [0.05, 0.1) is 16.1 Å². The zero-order valence-corrected chi connectivity index (χ0v) is 11.3. The molecule has 0 fully saturated rings. The van der Waals surface area contributed by atoms with E-state index in [0.717, 1.165) is 27.9 Å². The predicted molar refractivity (Wildman–Crippen MR) is 70.1 cm³/mol. The van der Waals surface area contributed by atoms with Crippen LogP contribution in [0.5, 0.6) is 0 Å². The number of nitrogens with zero attached hydrogens (tertiary/aromatic N) is 2. The van der Waals surface area contributed by atoms with Crippen LogP contribution in [0.15, 0.2) is 16.6 Å². The van der Waals surface area contributed by atoms with Gasteiger partial charge in [-0.15, -0.1) is 0 Å². The average molecular weight is 300 g/mol. The van der Waals surface area contributed by atoms with Gasteiger partial charge in [0.25, 0.3) is 0 Å². The highest BCUT2D eigenvalue weighted by molar-refractivity contribution is 9.10. The van der Waals surface area contributed by atoms with Gasteiger partial charge in [-0.2, -0.15) is 0 Å². The number of fused-ring (bicyclic) bond motifs is 3. The first-order valence-corrected chi connectivity index (χ1v) is 6.73. The maximum atomic E-state index is 6.15. The minimum atomic E-state index is 0.595. The first-order chi connectivity index (χ1) is 7.70. The topological polar surface area (TPSA) is 17.8 Å². The van der Waals surface area contributed by atoms with Crippen LogP contribution in [-0.4, -0.2) is 9.55 Å². The van der Waals surface area contributed by atoms with Crippen LogP contribution in [0, 0.1) is 0 Å². The van der Waals surface area contributed by atoms with E-state index in [0.29, 0.717) is 6.04 Å². The third kappa shape index (κ3) is 1.41. The van der Waals surface area contributed by atoms with Gasteiger partial charge in [-0.05, 0) is 40.9 Å². The number of rotatable bonds is 1. The first kappa shape index (κ1) is 10.6. The highest BCUT2D eigenvalue weighted by Crippen LogP contribution is 2.35. The lowest BCUT2D eigenvalue weighted by Crippen LogP contribution is -2.01. The lowest BCUT2D eigenvalue weighted by atomic mass is 10.1. The van der Waals surface area contributed by atoms with Crippen LogP contribution in [0.4, 0.5) is 0 Å². The summed E-state index contributed by atoms with van der Waals surface area (Å²) in [7, 11) is 0. The Morgan fingerprint density at radius 2 is 2.38 bits per heavy atom. The van der Waals surface area contributed by atoms with Gasteiger partial charge in [-0.1, -0.05) is 18.5 Å². The largest absolute Gasteiger partial charge is 0.325 e. The number of hydrogen-bond acceptors (Lipinski definition) is 1. The lowest BCUT2D eigenvalue weighted by Gasteiger charge is -2.11. The second-order valence-electron chi connectivity index (χ2n) is 4.25. The van der Waals surface area contributed by atoms with E-state index in [1.54, 1.807) is 0 Å². The average Bonchev–Trinajstić information content (AvgIpc) is 2.78. The SMILES string of the molecule is CC[C@@H]1CCc2nc3cc(Br)c(Cl)cc3n21. The quantitative estimate of drug-likeness (QED) is 0.765. The van der Waals surface area contributed by atoms with Crippen molar-refractivity contribution >= 4 is 38.6 Å². The highest BCUT2D eigenvalue weighted by atomic mass is 79.9. The van der Waals surface area contributed by atoms with Crippen molar-refractivity contribution in [2.45, 2.75) is 32.2 Å². The van der Waals surface area contributed by atoms with Crippen LogP contribution in [0.3, 0.4) is 0 Å². The third-order valence-electron chi connectivity index (χ3n) is 3.34. The van der Waals surface area contributed by atoms with Crippen molar-refractivity contribution in [3.63, 3.8) is 0 Å². The molecule has 0 bridgehead atoms. The van der Waals surface area contributed by atoms with E-state index in [-0.39, 0.29) is 0 Å². The number of imidazole rings is 1. The molecule has 16 heavy (non-hydrogen) atoms. The lowest BCUT2D eigenvalue weighted by molar-refractivity contribution is 0.524. The summed E-state index contributed by atoms with van der Waals surface area (Å²) in [6.07, 6.45) is 3.46. The molecule has 0 radical (unpaired) electrons. The third-order valence-corrected chi connectivity index (χ3v) is 4.54. The van der Waals surface area contributed by atoms with Gasteiger partial charge in [0.1, 0.15) is 5.82 Å². The summed E-state index contributed by atoms with van der Waals surface area (Å²) >= 11 is 9.59. The monoisotopic (exact) mass is 298 g/mol. The molecule has 4 heteroatoms. The van der Waals surface area contributed by atoms with Gasteiger partial charge in [0.15, 0.2) is 0 Å². The van der Waals surface area contributed by atoms with Gasteiger partial charge >= 0.3 is 0 Å². The first-order valence-electron chi connectivity index (χ1n) is 5.56. The molecule has 0 spiro atoms. The number of hydrogen-bond donors (Lipinski definition) is 0. The molecule has 1 aromatic heterocycles. The zero-order valence-electron chi connectivity index (χ0n) is 9.00. The van der Waals surface area contributed by atoms with Crippen LogP contribution in [0.1, 0.15) is 31.6 Å². The molecule has 0 aliphatic carbocycles. The van der Waals surface area contributed by atoms with Gasteiger partial charge in [-0.25, -0.2) is 4.98 Å². The molecule has 2 nitrogen and oxygen atoms in total. The zero-order chi connectivity index (χ0) is 11.3. The van der Waals surface area contributed by atoms with Crippen molar-refractivity contribution in [2.24, 2.45) is 0 Å². The summed E-state index contributed by atoms with van der Waals surface area (Å²) < 4.78 is 3.28. The standard InChI is InChI=1S/C12H12BrClN2/c1-2-7-3-4-12-15-10-5-8(13)9(14)6-11(10)16(7)12/h5-7H,2-4H2,1H3/t7-/m1/s1. The van der Waals surface area contributed by atoms with Gasteiger partial charge in [0, 0.05) is 16.9 Å². The number of aryl methyl sites for hydroxylation is 1. The molecule has 0 amide bonds. The van der Waals surface area contributed by atoms with E-state index in [9.17, 15) is 0 Å². The van der Waals surface area contributed by atoms with Crippen LogP contribution < -0.4 is 0 Å². The van der Waals surface area contributed by atoms with Crippen molar-refractivity contribution in [3.05, 3.63) is 27.5 Å². The summed E-state index contributed by atoms with van der Waals surface area (Å²) in [6, 6.07) is 4.62. The molecule has 1 aromatic carbocycles. The molecule has 1 aliphatic heterocycles. The molecule has 0 saturated heterocycles. The molecule has 84 valence electrons. The van der Waals surface area contributed by atoms with E-state index in [2.05, 4.69) is 32.4 Å². The van der Waals surface area contributed by atoms with E-state index in [1.807, 2.05) is 12.1 Å². The smallest absolute Gasteiger partial charge is 0.110 e. The van der Waals surface area contributed by atoms with Crippen molar-refractivity contribution < 1.29 is 0 Å². The second kappa shape index (κ2) is 3.74. The maximum Gasteiger partial charge on any atom is 0.110 e. The van der Waals surface area contributed by atoms with Crippen LogP contribution in [0.2, 0.25) is 5.02 Å². The molecular formula is C12H12BrClN2. The Labute approximate surface area is 108 Å². The molecule has 0 saturated carbocycles. The summed E-state index contributed by atoms with van der Waals surface area (Å²) in [6.45, 7) is 2.23. The van der Waals surface area contributed by atoms with Gasteiger partial charge in [-0.3, -0.25) is 0 Å². The van der Waals surface area contributed by atoms with E-state index >= 15 is 0 Å². The van der Waals surface area contributed by atoms with E-state index in [4.69, 9.17) is 11.6 Å². The van der Waals surface area contributed by atoms with Crippen molar-refractivity contribution in [1.82, 2.24) is 9.55 Å². The van der Waals surface area contributed by atoms with Crippen LogP contribution in [0.25, 0.3) is 11.0 Å². The predicted octanol–water partition coefficient (Wildman–Crippen LogP) is 4.35. The Hall–Kier alpha value is -0.540. The number of aromatic nitrogens is 2. The molecule has 1 atom stereocenters. The van der Waals surface area contributed by atoms with Crippen molar-refractivity contribution in [1.29, 1.82) is 0 Å². The Bertz CT molecular complexity index is 562. The minimum Gasteiger partial charge on any atom is -0.325 e. The molecule has 0 N–H and O–H groups in total. The summed E-state index contributed by atoms with van der Waals surface area (Å²) in [4.78, 5) is 4.67. The molecular weight excluding hydrogens is 288 g/mol. The fourth-order valence-electron chi connectivity index (χ4n) is 2.54. The fraction of sp³-hybridized carbons (Fsp3) is 0.417. The summed E-state index contributed by atoms with van der Waals surface area (Å²) in [5.41, 5.74) is 2.22. The summed E-state index contributed by atoms with van der Waals surface area (Å²) in [5.74, 6) is 1.20. The Kier molecular flexibility index (Phi) is 2.48. The van der Waals surface area contributed by atoms with Crippen LogP contribution >= 0.6 is 27.5 Å². The molecule has 2 aromatic rings. The normalized spacial score (nSPS) is 19.3. The van der Waals surface area contributed by atoms with Crippen molar-refractivity contribution in [2.75, 3.05) is 0 Å². The molecule has 2 heterocycles. The second-order valence-corrected chi connectivity index (χ2v) is 5.52. The fourth-order valence-corrected chi connectivity index (χ4v) is 3.02.